The smallest absolute Gasteiger partial charge is 0.222 e. The third-order valence-electron chi connectivity index (χ3n) is 5.58. The van der Waals surface area contributed by atoms with Gasteiger partial charge in [0.15, 0.2) is 5.13 Å². The third kappa shape index (κ3) is 5.33. The molecule has 31 heavy (non-hydrogen) atoms. The van der Waals surface area contributed by atoms with Gasteiger partial charge in [-0.1, -0.05) is 17.4 Å². The second-order valence-electron chi connectivity index (χ2n) is 7.92. The van der Waals surface area contributed by atoms with Crippen LogP contribution in [0.1, 0.15) is 24.0 Å². The van der Waals surface area contributed by atoms with Crippen molar-refractivity contribution in [3.05, 3.63) is 47.5 Å². The highest BCUT2D eigenvalue weighted by molar-refractivity contribution is 7.99. The number of fused-ring (bicyclic) bond motifs is 1. The minimum atomic E-state index is 0.269. The number of aromatic nitrogens is 1. The predicted octanol–water partition coefficient (Wildman–Crippen LogP) is 5.14. The standard InChI is InChI=1S/C24H29N3O2S2/c1-17-15-18(2)23-21(16-17)31-24(25-23)27-12-10-26(11-13-27)22(28)5-4-14-30-20-8-6-19(29-3)7-9-20/h6-9,15-16H,4-5,10-14H2,1-3H3. The lowest BCUT2D eigenvalue weighted by molar-refractivity contribution is -0.131. The summed E-state index contributed by atoms with van der Waals surface area (Å²) in [6.07, 6.45) is 1.51. The number of nitrogens with zero attached hydrogens (tertiary/aromatic N) is 3. The van der Waals surface area contributed by atoms with Crippen molar-refractivity contribution in [1.82, 2.24) is 9.88 Å². The van der Waals surface area contributed by atoms with Crippen molar-refractivity contribution in [1.29, 1.82) is 0 Å². The molecule has 1 aliphatic rings. The maximum absolute atomic E-state index is 12.6. The molecule has 1 aromatic heterocycles. The van der Waals surface area contributed by atoms with E-state index in [4.69, 9.17) is 9.72 Å². The molecule has 0 spiro atoms. The zero-order valence-corrected chi connectivity index (χ0v) is 20.0. The van der Waals surface area contributed by atoms with Gasteiger partial charge in [-0.05, 0) is 67.5 Å². The number of carbonyl (C=O) groups is 1. The summed E-state index contributed by atoms with van der Waals surface area (Å²) in [7, 11) is 1.67. The Morgan fingerprint density at radius 1 is 1.13 bits per heavy atom. The van der Waals surface area contributed by atoms with Gasteiger partial charge in [0, 0.05) is 37.5 Å². The fraction of sp³-hybridized carbons (Fsp3) is 0.417. The van der Waals surface area contributed by atoms with Crippen LogP contribution >= 0.6 is 23.1 Å². The van der Waals surface area contributed by atoms with Gasteiger partial charge in [0.25, 0.3) is 0 Å². The van der Waals surface area contributed by atoms with E-state index in [1.165, 1.54) is 20.7 Å². The van der Waals surface area contributed by atoms with Crippen LogP contribution in [-0.2, 0) is 4.79 Å². The van der Waals surface area contributed by atoms with Gasteiger partial charge >= 0.3 is 0 Å². The molecule has 1 amide bonds. The number of anilines is 1. The molecule has 1 aliphatic heterocycles. The second-order valence-corrected chi connectivity index (χ2v) is 10.1. The number of benzene rings is 2. The molecular weight excluding hydrogens is 426 g/mol. The molecule has 0 aliphatic carbocycles. The van der Waals surface area contributed by atoms with Crippen molar-refractivity contribution in [2.45, 2.75) is 31.6 Å². The minimum absolute atomic E-state index is 0.269. The van der Waals surface area contributed by atoms with Crippen LogP contribution in [0.5, 0.6) is 5.75 Å². The summed E-state index contributed by atoms with van der Waals surface area (Å²) in [6.45, 7) is 7.51. The van der Waals surface area contributed by atoms with Crippen LogP contribution in [0.15, 0.2) is 41.3 Å². The molecule has 164 valence electrons. The lowest BCUT2D eigenvalue weighted by Crippen LogP contribution is -2.48. The number of thioether (sulfide) groups is 1. The lowest BCUT2D eigenvalue weighted by Gasteiger charge is -2.34. The Labute approximate surface area is 192 Å². The number of ether oxygens (including phenoxy) is 1. The van der Waals surface area contributed by atoms with Gasteiger partial charge in [-0.3, -0.25) is 4.79 Å². The van der Waals surface area contributed by atoms with E-state index in [0.717, 1.165) is 54.8 Å². The number of piperazine rings is 1. The van der Waals surface area contributed by atoms with Crippen LogP contribution in [0.3, 0.4) is 0 Å². The Kier molecular flexibility index (Phi) is 7.02. The number of methoxy groups -OCH3 is 1. The summed E-state index contributed by atoms with van der Waals surface area (Å²) in [5.74, 6) is 2.09. The summed E-state index contributed by atoms with van der Waals surface area (Å²) in [4.78, 5) is 23.0. The molecule has 7 heteroatoms. The Hall–Kier alpha value is -2.25. The first-order valence-corrected chi connectivity index (χ1v) is 12.5. The van der Waals surface area contributed by atoms with E-state index >= 15 is 0 Å². The number of carbonyl (C=O) groups excluding carboxylic acids is 1. The van der Waals surface area contributed by atoms with E-state index in [-0.39, 0.29) is 5.91 Å². The SMILES string of the molecule is COc1ccc(SCCCC(=O)N2CCN(c3nc4c(C)cc(C)cc4s3)CC2)cc1. The molecule has 0 radical (unpaired) electrons. The van der Waals surface area contributed by atoms with Crippen molar-refractivity contribution < 1.29 is 9.53 Å². The average Bonchev–Trinajstić information content (AvgIpc) is 3.21. The molecule has 0 unspecified atom stereocenters. The van der Waals surface area contributed by atoms with Crippen LogP contribution in [0.25, 0.3) is 10.2 Å². The van der Waals surface area contributed by atoms with Gasteiger partial charge in [-0.15, -0.1) is 11.8 Å². The summed E-state index contributed by atoms with van der Waals surface area (Å²) in [5.41, 5.74) is 3.62. The Morgan fingerprint density at radius 2 is 1.87 bits per heavy atom. The van der Waals surface area contributed by atoms with Crippen molar-refractivity contribution >= 4 is 44.4 Å². The molecule has 2 heterocycles. The normalized spacial score (nSPS) is 14.3. The van der Waals surface area contributed by atoms with E-state index in [0.29, 0.717) is 6.42 Å². The molecule has 5 nitrogen and oxygen atoms in total. The van der Waals surface area contributed by atoms with Crippen LogP contribution in [0.4, 0.5) is 5.13 Å². The number of rotatable bonds is 7. The number of hydrogen-bond acceptors (Lipinski definition) is 6. The van der Waals surface area contributed by atoms with E-state index in [2.05, 4.69) is 43.0 Å². The topological polar surface area (TPSA) is 45.7 Å². The average molecular weight is 456 g/mol. The Bertz CT molecular complexity index is 1040. The lowest BCUT2D eigenvalue weighted by atomic mass is 10.1. The fourth-order valence-corrected chi connectivity index (χ4v) is 5.93. The maximum atomic E-state index is 12.6. The van der Waals surface area contributed by atoms with Crippen LogP contribution in [0.2, 0.25) is 0 Å². The quantitative estimate of drug-likeness (QED) is 0.364. The van der Waals surface area contributed by atoms with Crippen molar-refractivity contribution in [2.24, 2.45) is 0 Å². The van der Waals surface area contributed by atoms with Crippen molar-refractivity contribution in [2.75, 3.05) is 43.9 Å². The zero-order valence-electron chi connectivity index (χ0n) is 18.4. The summed E-state index contributed by atoms with van der Waals surface area (Å²) >= 11 is 3.55. The number of amides is 1. The van der Waals surface area contributed by atoms with Gasteiger partial charge in [0.05, 0.1) is 17.3 Å². The molecular formula is C24H29N3O2S2. The molecule has 2 aromatic carbocycles. The molecule has 1 saturated heterocycles. The van der Waals surface area contributed by atoms with Gasteiger partial charge in [-0.25, -0.2) is 4.98 Å². The number of aryl methyl sites for hydroxylation is 2. The monoisotopic (exact) mass is 455 g/mol. The predicted molar refractivity (Wildman–Crippen MR) is 131 cm³/mol. The molecule has 3 aromatic rings. The van der Waals surface area contributed by atoms with E-state index in [1.54, 1.807) is 30.2 Å². The Balaban J connectivity index is 1.23. The highest BCUT2D eigenvalue weighted by Crippen LogP contribution is 2.32. The third-order valence-corrected chi connectivity index (χ3v) is 7.75. The number of hydrogen-bond donors (Lipinski definition) is 0. The van der Waals surface area contributed by atoms with Crippen LogP contribution in [-0.4, -0.2) is 54.8 Å². The van der Waals surface area contributed by atoms with Gasteiger partial charge in [0.2, 0.25) is 5.91 Å². The summed E-state index contributed by atoms with van der Waals surface area (Å²) < 4.78 is 6.44. The van der Waals surface area contributed by atoms with Crippen molar-refractivity contribution in [3.63, 3.8) is 0 Å². The summed E-state index contributed by atoms with van der Waals surface area (Å²) in [5, 5.41) is 1.08. The second kappa shape index (κ2) is 9.92. The molecule has 1 fully saturated rings. The molecule has 0 N–H and O–H groups in total. The first kappa shape index (κ1) is 22.0. The first-order valence-electron chi connectivity index (χ1n) is 10.7. The van der Waals surface area contributed by atoms with E-state index < -0.39 is 0 Å². The highest BCUT2D eigenvalue weighted by Gasteiger charge is 2.23. The van der Waals surface area contributed by atoms with Gasteiger partial charge in [-0.2, -0.15) is 0 Å². The minimum Gasteiger partial charge on any atom is -0.497 e. The molecule has 0 bridgehead atoms. The van der Waals surface area contributed by atoms with E-state index in [9.17, 15) is 4.79 Å². The van der Waals surface area contributed by atoms with E-state index in [1.807, 2.05) is 17.0 Å². The van der Waals surface area contributed by atoms with Crippen LogP contribution < -0.4 is 9.64 Å². The maximum Gasteiger partial charge on any atom is 0.222 e. The zero-order chi connectivity index (χ0) is 21.8. The molecule has 4 rings (SSSR count). The molecule has 0 atom stereocenters. The fourth-order valence-electron chi connectivity index (χ4n) is 3.88. The Morgan fingerprint density at radius 3 is 2.58 bits per heavy atom. The highest BCUT2D eigenvalue weighted by atomic mass is 32.2. The first-order chi connectivity index (χ1) is 15.0. The van der Waals surface area contributed by atoms with Crippen LogP contribution in [0, 0.1) is 13.8 Å². The molecule has 0 saturated carbocycles. The van der Waals surface area contributed by atoms with Gasteiger partial charge < -0.3 is 14.5 Å². The number of thiazole rings is 1. The largest absolute Gasteiger partial charge is 0.497 e. The van der Waals surface area contributed by atoms with Crippen molar-refractivity contribution in [3.8, 4) is 5.75 Å². The van der Waals surface area contributed by atoms with Gasteiger partial charge in [0.1, 0.15) is 5.75 Å². The summed E-state index contributed by atoms with van der Waals surface area (Å²) in [6, 6.07) is 12.5.